The second kappa shape index (κ2) is 5.23. The third kappa shape index (κ3) is 2.80. The average Bonchev–Trinajstić information content (AvgIpc) is 2.34. The molecule has 1 aromatic carbocycles. The van der Waals surface area contributed by atoms with E-state index in [0.717, 1.165) is 18.4 Å². The van der Waals surface area contributed by atoms with E-state index in [2.05, 4.69) is 16.9 Å². The molecule has 0 saturated heterocycles. The number of halogens is 2. The van der Waals surface area contributed by atoms with E-state index in [0.29, 0.717) is 11.4 Å². The van der Waals surface area contributed by atoms with E-state index in [1.165, 1.54) is 12.1 Å². The number of hydrogen-bond donors (Lipinski definition) is 0. The van der Waals surface area contributed by atoms with Gasteiger partial charge in [0.15, 0.2) is 5.82 Å². The zero-order valence-corrected chi connectivity index (χ0v) is 10.2. The molecule has 4 heteroatoms. The zero-order chi connectivity index (χ0) is 12.3. The minimum Gasteiger partial charge on any atom is -0.236 e. The maximum atomic E-state index is 13.3. The highest BCUT2D eigenvalue weighted by molar-refractivity contribution is 6.30. The van der Waals surface area contributed by atoms with Crippen molar-refractivity contribution >= 4 is 11.6 Å². The predicted octanol–water partition coefficient (Wildman–Crippen LogP) is 3.89. The quantitative estimate of drug-likeness (QED) is 0.826. The summed E-state index contributed by atoms with van der Waals surface area (Å²) in [6.07, 6.45) is 5.56. The van der Waals surface area contributed by atoms with Gasteiger partial charge in [-0.2, -0.15) is 0 Å². The fourth-order valence-electron chi connectivity index (χ4n) is 1.56. The van der Waals surface area contributed by atoms with E-state index in [-0.39, 0.29) is 5.02 Å². The molecule has 0 aliphatic heterocycles. The zero-order valence-electron chi connectivity index (χ0n) is 9.45. The van der Waals surface area contributed by atoms with Crippen LogP contribution in [0.3, 0.4) is 0 Å². The highest BCUT2D eigenvalue weighted by Crippen LogP contribution is 2.21. The lowest BCUT2D eigenvalue weighted by Gasteiger charge is -2.02. The van der Waals surface area contributed by atoms with Gasteiger partial charge in [-0.15, -0.1) is 0 Å². The first-order chi connectivity index (χ1) is 8.20. The van der Waals surface area contributed by atoms with Crippen molar-refractivity contribution in [2.45, 2.75) is 19.8 Å². The molecule has 0 spiro atoms. The van der Waals surface area contributed by atoms with E-state index >= 15 is 0 Å². The van der Waals surface area contributed by atoms with Crippen LogP contribution < -0.4 is 0 Å². The highest BCUT2D eigenvalue weighted by Gasteiger charge is 2.05. The van der Waals surface area contributed by atoms with Crippen LogP contribution in [0.2, 0.25) is 5.02 Å². The maximum absolute atomic E-state index is 13.3. The summed E-state index contributed by atoms with van der Waals surface area (Å²) in [6, 6.07) is 4.56. The molecular weight excluding hydrogens is 239 g/mol. The summed E-state index contributed by atoms with van der Waals surface area (Å²) < 4.78 is 13.3. The molecule has 0 unspecified atom stereocenters. The van der Waals surface area contributed by atoms with E-state index in [1.54, 1.807) is 18.5 Å². The first-order valence-electron chi connectivity index (χ1n) is 5.47. The van der Waals surface area contributed by atoms with Crippen LogP contribution in [0.15, 0.2) is 30.6 Å². The van der Waals surface area contributed by atoms with Gasteiger partial charge in [0.25, 0.3) is 0 Å². The Bertz CT molecular complexity index is 511. The van der Waals surface area contributed by atoms with Gasteiger partial charge in [0.2, 0.25) is 0 Å². The van der Waals surface area contributed by atoms with Gasteiger partial charge in [-0.25, -0.2) is 14.4 Å². The molecule has 0 aliphatic carbocycles. The van der Waals surface area contributed by atoms with Crippen molar-refractivity contribution < 1.29 is 4.39 Å². The summed E-state index contributed by atoms with van der Waals surface area (Å²) in [5, 5.41) is 0.108. The third-order valence-corrected chi connectivity index (χ3v) is 2.73. The monoisotopic (exact) mass is 250 g/mol. The molecule has 0 amide bonds. The van der Waals surface area contributed by atoms with E-state index in [9.17, 15) is 4.39 Å². The lowest BCUT2D eigenvalue weighted by atomic mass is 10.2. The largest absolute Gasteiger partial charge is 0.236 e. The van der Waals surface area contributed by atoms with Crippen molar-refractivity contribution in [3.8, 4) is 11.4 Å². The smallest absolute Gasteiger partial charge is 0.159 e. The van der Waals surface area contributed by atoms with Gasteiger partial charge in [0.1, 0.15) is 5.82 Å². The van der Waals surface area contributed by atoms with E-state index < -0.39 is 5.82 Å². The molecule has 88 valence electrons. The lowest BCUT2D eigenvalue weighted by Crippen LogP contribution is -1.93. The van der Waals surface area contributed by atoms with Gasteiger partial charge in [-0.1, -0.05) is 24.9 Å². The Balaban J connectivity index is 2.30. The molecule has 0 aliphatic rings. The Kier molecular flexibility index (Phi) is 3.69. The summed E-state index contributed by atoms with van der Waals surface area (Å²) >= 11 is 5.62. The lowest BCUT2D eigenvalue weighted by molar-refractivity contribution is 0.628. The van der Waals surface area contributed by atoms with Gasteiger partial charge in [0.05, 0.1) is 5.02 Å². The SMILES string of the molecule is CCCc1cnc(-c2ccc(Cl)c(F)c2)nc1. The number of benzene rings is 1. The number of aromatic nitrogens is 2. The molecule has 2 nitrogen and oxygen atoms in total. The third-order valence-electron chi connectivity index (χ3n) is 2.42. The molecule has 2 aromatic rings. The summed E-state index contributed by atoms with van der Waals surface area (Å²) in [6.45, 7) is 2.10. The van der Waals surface area contributed by atoms with Crippen molar-refractivity contribution in [1.82, 2.24) is 9.97 Å². The first kappa shape index (κ1) is 12.0. The Morgan fingerprint density at radius 3 is 2.53 bits per heavy atom. The van der Waals surface area contributed by atoms with Crippen molar-refractivity contribution in [3.05, 3.63) is 47.0 Å². The molecule has 0 fully saturated rings. The molecule has 1 heterocycles. The normalized spacial score (nSPS) is 10.5. The van der Waals surface area contributed by atoms with Gasteiger partial charge in [-0.3, -0.25) is 0 Å². The average molecular weight is 251 g/mol. The number of aryl methyl sites for hydroxylation is 1. The van der Waals surface area contributed by atoms with Crippen LogP contribution in [0.1, 0.15) is 18.9 Å². The van der Waals surface area contributed by atoms with E-state index in [4.69, 9.17) is 11.6 Å². The van der Waals surface area contributed by atoms with Gasteiger partial charge < -0.3 is 0 Å². The van der Waals surface area contributed by atoms with Crippen LogP contribution in [0.5, 0.6) is 0 Å². The standard InChI is InChI=1S/C13H12ClFN2/c1-2-3-9-7-16-13(17-8-9)10-4-5-11(14)12(15)6-10/h4-8H,2-3H2,1H3. The summed E-state index contributed by atoms with van der Waals surface area (Å²) in [4.78, 5) is 8.43. The Morgan fingerprint density at radius 1 is 1.24 bits per heavy atom. The molecule has 1 aromatic heterocycles. The molecule has 0 atom stereocenters. The van der Waals surface area contributed by atoms with Crippen molar-refractivity contribution in [2.24, 2.45) is 0 Å². The van der Waals surface area contributed by atoms with Crippen LogP contribution in [0.4, 0.5) is 4.39 Å². The molecule has 2 rings (SSSR count). The van der Waals surface area contributed by atoms with Crippen LogP contribution in [0.25, 0.3) is 11.4 Å². The molecule has 0 saturated carbocycles. The predicted molar refractivity (Wildman–Crippen MR) is 66.4 cm³/mol. The van der Waals surface area contributed by atoms with Gasteiger partial charge in [-0.05, 0) is 30.2 Å². The summed E-state index contributed by atoms with van der Waals surface area (Å²) in [5.74, 6) is 0.0609. The Labute approximate surface area is 104 Å². The van der Waals surface area contributed by atoms with Gasteiger partial charge in [0, 0.05) is 18.0 Å². The van der Waals surface area contributed by atoms with Crippen molar-refractivity contribution in [1.29, 1.82) is 0 Å². The van der Waals surface area contributed by atoms with E-state index in [1.807, 2.05) is 0 Å². The number of rotatable bonds is 3. The molecule has 17 heavy (non-hydrogen) atoms. The van der Waals surface area contributed by atoms with Crippen molar-refractivity contribution in [2.75, 3.05) is 0 Å². The summed E-state index contributed by atoms with van der Waals surface area (Å²) in [7, 11) is 0. The second-order valence-electron chi connectivity index (χ2n) is 3.79. The van der Waals surface area contributed by atoms with Crippen LogP contribution in [-0.4, -0.2) is 9.97 Å². The fraction of sp³-hybridized carbons (Fsp3) is 0.231. The molecular formula is C13H12ClFN2. The van der Waals surface area contributed by atoms with Crippen LogP contribution >= 0.6 is 11.6 Å². The fourth-order valence-corrected chi connectivity index (χ4v) is 1.67. The van der Waals surface area contributed by atoms with Gasteiger partial charge >= 0.3 is 0 Å². The summed E-state index contributed by atoms with van der Waals surface area (Å²) in [5.41, 5.74) is 1.72. The maximum Gasteiger partial charge on any atom is 0.159 e. The number of hydrogen-bond acceptors (Lipinski definition) is 2. The number of nitrogens with zero attached hydrogens (tertiary/aromatic N) is 2. The molecule has 0 N–H and O–H groups in total. The van der Waals surface area contributed by atoms with Crippen molar-refractivity contribution in [3.63, 3.8) is 0 Å². The molecule has 0 radical (unpaired) electrons. The minimum absolute atomic E-state index is 0.108. The van der Waals surface area contributed by atoms with Crippen LogP contribution in [-0.2, 0) is 6.42 Å². The minimum atomic E-state index is -0.453. The highest BCUT2D eigenvalue weighted by atomic mass is 35.5. The Morgan fingerprint density at radius 2 is 1.94 bits per heavy atom. The first-order valence-corrected chi connectivity index (χ1v) is 5.85. The van der Waals surface area contributed by atoms with Crippen LogP contribution in [0, 0.1) is 5.82 Å². The second-order valence-corrected chi connectivity index (χ2v) is 4.20. The molecule has 0 bridgehead atoms. The Hall–Kier alpha value is -1.48. The topological polar surface area (TPSA) is 25.8 Å².